The Morgan fingerprint density at radius 1 is 1.48 bits per heavy atom. The van der Waals surface area contributed by atoms with E-state index in [0.717, 1.165) is 22.7 Å². The van der Waals surface area contributed by atoms with Gasteiger partial charge in [0.05, 0.1) is 16.2 Å². The van der Waals surface area contributed by atoms with Gasteiger partial charge in [-0.2, -0.15) is 0 Å². The Bertz CT molecular complexity index is 652. The van der Waals surface area contributed by atoms with E-state index in [4.69, 9.17) is 4.98 Å². The molecule has 1 heterocycles. The van der Waals surface area contributed by atoms with Crippen molar-refractivity contribution in [2.75, 3.05) is 0 Å². The van der Waals surface area contributed by atoms with Crippen molar-refractivity contribution in [3.63, 3.8) is 0 Å². The largest absolute Gasteiger partial charge is 0.301 e. The molecule has 1 unspecified atom stereocenters. The molecule has 112 valence electrons. The van der Waals surface area contributed by atoms with Gasteiger partial charge < -0.3 is 5.32 Å². The number of thiazole rings is 1. The molecule has 1 aromatic heterocycles. The van der Waals surface area contributed by atoms with Crippen molar-refractivity contribution in [1.29, 1.82) is 0 Å². The summed E-state index contributed by atoms with van der Waals surface area (Å²) >= 11 is 4.93. The molecule has 0 saturated heterocycles. The van der Waals surface area contributed by atoms with Crippen LogP contribution in [0.15, 0.2) is 22.7 Å². The second-order valence-electron chi connectivity index (χ2n) is 5.46. The summed E-state index contributed by atoms with van der Waals surface area (Å²) in [5.74, 6) is -0.223. The maximum Gasteiger partial charge on any atom is 0.137 e. The first-order chi connectivity index (χ1) is 10.1. The second-order valence-corrected chi connectivity index (χ2v) is 7.55. The fraction of sp³-hybridized carbons (Fsp3) is 0.438. The summed E-state index contributed by atoms with van der Waals surface area (Å²) in [4.78, 5) is 6.02. The number of nitrogens with one attached hydrogen (secondary N) is 1. The van der Waals surface area contributed by atoms with Crippen LogP contribution in [0.3, 0.4) is 0 Å². The molecule has 0 amide bonds. The molecule has 1 N–H and O–H groups in total. The molecule has 2 nitrogen and oxygen atoms in total. The number of hydrogen-bond acceptors (Lipinski definition) is 3. The van der Waals surface area contributed by atoms with Crippen LogP contribution in [0, 0.1) is 12.7 Å². The topological polar surface area (TPSA) is 24.9 Å². The lowest BCUT2D eigenvalue weighted by Crippen LogP contribution is -2.24. The zero-order chi connectivity index (χ0) is 15.0. The third-order valence-corrected chi connectivity index (χ3v) is 5.47. The Kier molecular flexibility index (Phi) is 4.43. The molecule has 2 aromatic rings. The van der Waals surface area contributed by atoms with Gasteiger partial charge in [0.2, 0.25) is 0 Å². The lowest BCUT2D eigenvalue weighted by Gasteiger charge is -2.17. The number of hydrogen-bond donors (Lipinski definition) is 1. The van der Waals surface area contributed by atoms with E-state index in [2.05, 4.69) is 35.1 Å². The summed E-state index contributed by atoms with van der Waals surface area (Å²) in [7, 11) is 0. The first kappa shape index (κ1) is 15.1. The lowest BCUT2D eigenvalue weighted by atomic mass is 10.1. The molecule has 0 bridgehead atoms. The van der Waals surface area contributed by atoms with E-state index in [1.54, 1.807) is 23.5 Å². The molecule has 0 aliphatic heterocycles. The molecule has 0 radical (unpaired) electrons. The highest BCUT2D eigenvalue weighted by atomic mass is 79.9. The average molecular weight is 369 g/mol. The summed E-state index contributed by atoms with van der Waals surface area (Å²) in [5, 5.41) is 4.64. The molecule has 1 aliphatic carbocycles. The first-order valence-corrected chi connectivity index (χ1v) is 8.86. The Morgan fingerprint density at radius 3 is 2.81 bits per heavy atom. The van der Waals surface area contributed by atoms with Gasteiger partial charge in [-0.15, -0.1) is 11.3 Å². The van der Waals surface area contributed by atoms with Gasteiger partial charge >= 0.3 is 0 Å². The minimum Gasteiger partial charge on any atom is -0.301 e. The number of nitrogens with zero attached hydrogens (tertiary/aromatic N) is 1. The molecule has 5 heteroatoms. The van der Waals surface area contributed by atoms with Gasteiger partial charge in [-0.1, -0.05) is 13.0 Å². The van der Waals surface area contributed by atoms with Crippen LogP contribution >= 0.6 is 27.3 Å². The summed E-state index contributed by atoms with van der Waals surface area (Å²) < 4.78 is 14.4. The molecule has 1 aromatic carbocycles. The van der Waals surface area contributed by atoms with Crippen molar-refractivity contribution >= 4 is 27.3 Å². The van der Waals surface area contributed by atoms with E-state index < -0.39 is 0 Å². The van der Waals surface area contributed by atoms with E-state index in [0.29, 0.717) is 10.5 Å². The fourth-order valence-electron chi connectivity index (χ4n) is 2.39. The van der Waals surface area contributed by atoms with Crippen LogP contribution < -0.4 is 5.32 Å². The van der Waals surface area contributed by atoms with Crippen LogP contribution in [0.2, 0.25) is 0 Å². The molecular weight excluding hydrogens is 351 g/mol. The van der Waals surface area contributed by atoms with Gasteiger partial charge in [-0.25, -0.2) is 9.37 Å². The van der Waals surface area contributed by atoms with Gasteiger partial charge in [0.1, 0.15) is 10.8 Å². The molecule has 1 atom stereocenters. The number of halogens is 2. The zero-order valence-electron chi connectivity index (χ0n) is 12.1. The van der Waals surface area contributed by atoms with Crippen LogP contribution in [0.25, 0.3) is 0 Å². The minimum absolute atomic E-state index is 0.0101. The Balaban J connectivity index is 1.97. The Labute approximate surface area is 136 Å². The Morgan fingerprint density at radius 2 is 2.24 bits per heavy atom. The zero-order valence-corrected chi connectivity index (χ0v) is 14.5. The smallest absolute Gasteiger partial charge is 0.137 e. The van der Waals surface area contributed by atoms with Gasteiger partial charge in [0.25, 0.3) is 0 Å². The molecule has 0 spiro atoms. The average Bonchev–Trinajstić information content (AvgIpc) is 3.21. The third kappa shape index (κ3) is 3.35. The van der Waals surface area contributed by atoms with Crippen LogP contribution in [-0.2, 0) is 6.42 Å². The SMILES string of the molecule is CCc1nc(C(NC2CC2)c2ccc(Br)c(F)c2)sc1C. The highest BCUT2D eigenvalue weighted by Crippen LogP contribution is 2.33. The maximum atomic E-state index is 13.9. The predicted octanol–water partition coefficient (Wildman–Crippen LogP) is 4.76. The van der Waals surface area contributed by atoms with Crippen molar-refractivity contribution in [3.05, 3.63) is 49.6 Å². The van der Waals surface area contributed by atoms with Gasteiger partial charge in [-0.05, 0) is 59.8 Å². The van der Waals surface area contributed by atoms with Crippen LogP contribution in [0.5, 0.6) is 0 Å². The number of benzene rings is 1. The number of aryl methyl sites for hydroxylation is 2. The maximum absolute atomic E-state index is 13.9. The first-order valence-electron chi connectivity index (χ1n) is 7.25. The predicted molar refractivity (Wildman–Crippen MR) is 88.3 cm³/mol. The summed E-state index contributed by atoms with van der Waals surface area (Å²) in [6, 6.07) is 5.87. The molecular formula is C16H18BrFN2S. The van der Waals surface area contributed by atoms with Crippen LogP contribution in [-0.4, -0.2) is 11.0 Å². The van der Waals surface area contributed by atoms with Crippen LogP contribution in [0.1, 0.15) is 46.9 Å². The minimum atomic E-state index is -0.223. The Hall–Kier alpha value is -0.780. The number of rotatable bonds is 5. The van der Waals surface area contributed by atoms with Crippen LogP contribution in [0.4, 0.5) is 4.39 Å². The van der Waals surface area contributed by atoms with E-state index in [1.165, 1.54) is 17.7 Å². The molecule has 21 heavy (non-hydrogen) atoms. The highest BCUT2D eigenvalue weighted by molar-refractivity contribution is 9.10. The van der Waals surface area contributed by atoms with Crippen molar-refractivity contribution in [3.8, 4) is 0 Å². The van der Waals surface area contributed by atoms with E-state index in [-0.39, 0.29) is 11.9 Å². The number of aromatic nitrogens is 1. The summed E-state index contributed by atoms with van der Waals surface area (Å²) in [5.41, 5.74) is 2.09. The monoisotopic (exact) mass is 368 g/mol. The molecule has 1 saturated carbocycles. The van der Waals surface area contributed by atoms with Crippen molar-refractivity contribution < 1.29 is 4.39 Å². The third-order valence-electron chi connectivity index (χ3n) is 3.75. The standard InChI is InChI=1S/C16H18BrFN2S/c1-3-14-9(2)21-16(20-14)15(19-11-5-6-11)10-4-7-12(17)13(18)8-10/h4,7-8,11,15,19H,3,5-6H2,1-2H3. The highest BCUT2D eigenvalue weighted by Gasteiger charge is 2.28. The van der Waals surface area contributed by atoms with Crippen molar-refractivity contribution in [1.82, 2.24) is 10.3 Å². The molecule has 1 aliphatic rings. The lowest BCUT2D eigenvalue weighted by molar-refractivity contribution is 0.581. The van der Waals surface area contributed by atoms with E-state index in [9.17, 15) is 4.39 Å². The van der Waals surface area contributed by atoms with Gasteiger partial charge in [-0.3, -0.25) is 0 Å². The summed E-state index contributed by atoms with van der Waals surface area (Å²) in [6.45, 7) is 4.23. The van der Waals surface area contributed by atoms with Gasteiger partial charge in [0, 0.05) is 10.9 Å². The molecule has 3 rings (SSSR count). The summed E-state index contributed by atoms with van der Waals surface area (Å²) in [6.07, 6.45) is 3.33. The molecule has 1 fully saturated rings. The normalized spacial score (nSPS) is 16.2. The fourth-order valence-corrected chi connectivity index (χ4v) is 3.74. The van der Waals surface area contributed by atoms with Gasteiger partial charge in [0.15, 0.2) is 0 Å². The van der Waals surface area contributed by atoms with E-state index >= 15 is 0 Å². The quantitative estimate of drug-likeness (QED) is 0.822. The van der Waals surface area contributed by atoms with Crippen molar-refractivity contribution in [2.45, 2.75) is 45.2 Å². The van der Waals surface area contributed by atoms with E-state index in [1.807, 2.05) is 6.07 Å². The second kappa shape index (κ2) is 6.15. The van der Waals surface area contributed by atoms with Crippen molar-refractivity contribution in [2.24, 2.45) is 0 Å².